The van der Waals surface area contributed by atoms with Gasteiger partial charge < -0.3 is 20.7 Å². The van der Waals surface area contributed by atoms with Gasteiger partial charge in [0.1, 0.15) is 0 Å². The van der Waals surface area contributed by atoms with E-state index in [1.165, 1.54) is 6.42 Å². The van der Waals surface area contributed by atoms with E-state index in [1.807, 2.05) is 27.7 Å². The Morgan fingerprint density at radius 1 is 1.22 bits per heavy atom. The molecule has 23 heavy (non-hydrogen) atoms. The van der Waals surface area contributed by atoms with Crippen molar-refractivity contribution in [2.75, 3.05) is 19.6 Å². The van der Waals surface area contributed by atoms with Crippen LogP contribution < -0.4 is 16.0 Å². The average molecular weight is 438 g/mol. The topological polar surface area (TPSA) is 74.8 Å². The number of hydrogen-bond donors (Lipinski definition) is 3. The van der Waals surface area contributed by atoms with Crippen LogP contribution in [-0.4, -0.2) is 49.8 Å². The highest BCUT2D eigenvalue weighted by atomic mass is 127. The summed E-state index contributed by atoms with van der Waals surface area (Å²) in [6.07, 6.45) is 4.09. The zero-order valence-electron chi connectivity index (χ0n) is 14.6. The summed E-state index contributed by atoms with van der Waals surface area (Å²) in [5, 5.41) is 9.61. The maximum Gasteiger partial charge on any atom is 0.227 e. The smallest absolute Gasteiger partial charge is 0.227 e. The first-order chi connectivity index (χ1) is 10.5. The SMILES string of the molecule is CCNC(=O)C(C)(C)CN=C(NCC)NC1CC2CCC1O2.I. The number of carbonyl (C=O) groups excluding carboxylic acids is 1. The van der Waals surface area contributed by atoms with Crippen LogP contribution in [-0.2, 0) is 9.53 Å². The number of fused-ring (bicyclic) bond motifs is 2. The van der Waals surface area contributed by atoms with Gasteiger partial charge >= 0.3 is 0 Å². The molecule has 2 fully saturated rings. The van der Waals surface area contributed by atoms with E-state index in [0.29, 0.717) is 31.3 Å². The first kappa shape index (κ1) is 20.5. The van der Waals surface area contributed by atoms with Crippen molar-refractivity contribution >= 4 is 35.8 Å². The molecule has 3 unspecified atom stereocenters. The van der Waals surface area contributed by atoms with Crippen molar-refractivity contribution in [3.05, 3.63) is 0 Å². The summed E-state index contributed by atoms with van der Waals surface area (Å²) in [6, 6.07) is 0.337. The number of aliphatic imine (C=N–C) groups is 1. The summed E-state index contributed by atoms with van der Waals surface area (Å²) >= 11 is 0. The normalized spacial score (nSPS) is 26.6. The van der Waals surface area contributed by atoms with Gasteiger partial charge in [0.25, 0.3) is 0 Å². The largest absolute Gasteiger partial charge is 0.373 e. The molecule has 2 bridgehead atoms. The molecule has 0 radical (unpaired) electrons. The maximum atomic E-state index is 12.0. The van der Waals surface area contributed by atoms with Crippen LogP contribution in [0.15, 0.2) is 4.99 Å². The number of hydrogen-bond acceptors (Lipinski definition) is 3. The first-order valence-corrected chi connectivity index (χ1v) is 8.45. The maximum absolute atomic E-state index is 12.0. The number of guanidine groups is 1. The molecule has 7 heteroatoms. The predicted octanol–water partition coefficient (Wildman–Crippen LogP) is 1.64. The molecule has 0 spiro atoms. The molecule has 0 aromatic rings. The van der Waals surface area contributed by atoms with E-state index in [0.717, 1.165) is 25.3 Å². The van der Waals surface area contributed by atoms with Crippen LogP contribution >= 0.6 is 24.0 Å². The number of nitrogens with zero attached hydrogens (tertiary/aromatic N) is 1. The summed E-state index contributed by atoms with van der Waals surface area (Å²) < 4.78 is 5.87. The highest BCUT2D eigenvalue weighted by Gasteiger charge is 2.41. The summed E-state index contributed by atoms with van der Waals surface area (Å²) in [4.78, 5) is 16.7. The summed E-state index contributed by atoms with van der Waals surface area (Å²) in [7, 11) is 0. The van der Waals surface area contributed by atoms with Crippen LogP contribution in [0.5, 0.6) is 0 Å². The molecular weight excluding hydrogens is 407 g/mol. The Morgan fingerprint density at radius 2 is 1.91 bits per heavy atom. The quantitative estimate of drug-likeness (QED) is 0.335. The number of halogens is 1. The van der Waals surface area contributed by atoms with Crippen molar-refractivity contribution in [2.24, 2.45) is 10.4 Å². The zero-order chi connectivity index (χ0) is 16.2. The van der Waals surface area contributed by atoms with Crippen LogP contribution in [0.25, 0.3) is 0 Å². The molecule has 6 nitrogen and oxygen atoms in total. The minimum Gasteiger partial charge on any atom is -0.373 e. The van der Waals surface area contributed by atoms with E-state index in [-0.39, 0.29) is 29.9 Å². The fourth-order valence-electron chi connectivity index (χ4n) is 3.03. The predicted molar refractivity (Wildman–Crippen MR) is 103 cm³/mol. The van der Waals surface area contributed by atoms with E-state index in [9.17, 15) is 4.79 Å². The van der Waals surface area contributed by atoms with E-state index in [2.05, 4.69) is 20.9 Å². The van der Waals surface area contributed by atoms with Crippen molar-refractivity contribution in [3.63, 3.8) is 0 Å². The molecule has 134 valence electrons. The second-order valence-corrected chi connectivity index (χ2v) is 6.80. The molecule has 2 rings (SSSR count). The average Bonchev–Trinajstić information content (AvgIpc) is 3.08. The molecule has 0 aromatic heterocycles. The van der Waals surface area contributed by atoms with Gasteiger partial charge in [0, 0.05) is 13.1 Å². The Hall–Kier alpha value is -0.570. The van der Waals surface area contributed by atoms with Crippen molar-refractivity contribution in [1.82, 2.24) is 16.0 Å². The lowest BCUT2D eigenvalue weighted by molar-refractivity contribution is -0.128. The fourth-order valence-corrected chi connectivity index (χ4v) is 3.03. The number of carbonyl (C=O) groups is 1. The van der Waals surface area contributed by atoms with Crippen molar-refractivity contribution in [1.29, 1.82) is 0 Å². The van der Waals surface area contributed by atoms with E-state index in [1.54, 1.807) is 0 Å². The minimum absolute atomic E-state index is 0. The molecule has 0 aliphatic carbocycles. The van der Waals surface area contributed by atoms with Gasteiger partial charge in [-0.15, -0.1) is 24.0 Å². The molecule has 3 atom stereocenters. The molecule has 0 saturated carbocycles. The van der Waals surface area contributed by atoms with Crippen LogP contribution in [0, 0.1) is 5.41 Å². The highest BCUT2D eigenvalue weighted by Crippen LogP contribution is 2.34. The van der Waals surface area contributed by atoms with Gasteiger partial charge in [-0.2, -0.15) is 0 Å². The van der Waals surface area contributed by atoms with Crippen LogP contribution in [0.2, 0.25) is 0 Å². The van der Waals surface area contributed by atoms with Gasteiger partial charge in [0.15, 0.2) is 5.96 Å². The molecule has 1 amide bonds. The molecule has 2 aliphatic rings. The molecule has 2 saturated heterocycles. The van der Waals surface area contributed by atoms with Gasteiger partial charge in [0.2, 0.25) is 5.91 Å². The summed E-state index contributed by atoms with van der Waals surface area (Å²) in [5.74, 6) is 0.818. The Balaban J connectivity index is 0.00000264. The second-order valence-electron chi connectivity index (χ2n) is 6.80. The van der Waals surface area contributed by atoms with Gasteiger partial charge in [-0.1, -0.05) is 0 Å². The Bertz CT molecular complexity index is 428. The Morgan fingerprint density at radius 3 is 2.43 bits per heavy atom. The molecule has 3 N–H and O–H groups in total. The van der Waals surface area contributed by atoms with Gasteiger partial charge in [0.05, 0.1) is 30.2 Å². The summed E-state index contributed by atoms with van der Waals surface area (Å²) in [6.45, 7) is 9.72. The third-order valence-corrected chi connectivity index (χ3v) is 4.36. The first-order valence-electron chi connectivity index (χ1n) is 8.45. The van der Waals surface area contributed by atoms with E-state index >= 15 is 0 Å². The van der Waals surface area contributed by atoms with Crippen molar-refractivity contribution in [2.45, 2.75) is 65.2 Å². The third kappa shape index (κ3) is 5.48. The lowest BCUT2D eigenvalue weighted by atomic mass is 9.92. The number of nitrogens with one attached hydrogen (secondary N) is 3. The Labute approximate surface area is 156 Å². The van der Waals surface area contributed by atoms with E-state index < -0.39 is 5.41 Å². The fraction of sp³-hybridized carbons (Fsp3) is 0.875. The molecule has 2 heterocycles. The number of amides is 1. The van der Waals surface area contributed by atoms with E-state index in [4.69, 9.17) is 4.74 Å². The van der Waals surface area contributed by atoms with Gasteiger partial charge in [-0.05, 0) is 47.0 Å². The van der Waals surface area contributed by atoms with Crippen molar-refractivity contribution in [3.8, 4) is 0 Å². The third-order valence-electron chi connectivity index (χ3n) is 4.36. The number of rotatable bonds is 6. The van der Waals surface area contributed by atoms with Crippen LogP contribution in [0.1, 0.15) is 47.0 Å². The lowest BCUT2D eigenvalue weighted by Gasteiger charge is -2.25. The Kier molecular flexibility index (Phi) is 8.06. The lowest BCUT2D eigenvalue weighted by Crippen LogP contribution is -2.48. The van der Waals surface area contributed by atoms with Crippen LogP contribution in [0.4, 0.5) is 0 Å². The van der Waals surface area contributed by atoms with Crippen molar-refractivity contribution < 1.29 is 9.53 Å². The second kappa shape index (κ2) is 9.05. The molecular formula is C16H31IN4O2. The van der Waals surface area contributed by atoms with Gasteiger partial charge in [-0.25, -0.2) is 0 Å². The summed E-state index contributed by atoms with van der Waals surface area (Å²) in [5.41, 5.74) is -0.510. The minimum atomic E-state index is -0.510. The zero-order valence-corrected chi connectivity index (χ0v) is 17.0. The molecule has 0 aromatic carbocycles. The molecule has 2 aliphatic heterocycles. The van der Waals surface area contributed by atoms with Gasteiger partial charge in [-0.3, -0.25) is 9.79 Å². The highest BCUT2D eigenvalue weighted by molar-refractivity contribution is 14.0. The monoisotopic (exact) mass is 438 g/mol. The standard InChI is InChI=1S/C16H30N4O2.HI/c1-5-17-14(21)16(3,4)10-19-15(18-6-2)20-12-9-11-7-8-13(12)22-11;/h11-13H,5-10H2,1-4H3,(H,17,21)(H2,18,19,20);1H. The number of ether oxygens (including phenoxy) is 1. The van der Waals surface area contributed by atoms with Crippen LogP contribution in [0.3, 0.4) is 0 Å².